The van der Waals surface area contributed by atoms with Crippen LogP contribution in [0.3, 0.4) is 0 Å². The summed E-state index contributed by atoms with van der Waals surface area (Å²) in [5, 5.41) is 3.43. The molecule has 7 heteroatoms. The van der Waals surface area contributed by atoms with Crippen LogP contribution in [0.1, 0.15) is 15.2 Å². The van der Waals surface area contributed by atoms with E-state index in [4.69, 9.17) is 4.74 Å². The Morgan fingerprint density at radius 3 is 2.90 bits per heavy atom. The fraction of sp³-hybridized carbons (Fsp3) is 0.357. The van der Waals surface area contributed by atoms with E-state index >= 15 is 0 Å². The lowest BCUT2D eigenvalue weighted by atomic mass is 10.2. The van der Waals surface area contributed by atoms with E-state index in [0.717, 1.165) is 18.0 Å². The molecule has 6 nitrogen and oxygen atoms in total. The Morgan fingerprint density at radius 1 is 1.38 bits per heavy atom. The van der Waals surface area contributed by atoms with Crippen LogP contribution in [-0.2, 0) is 4.74 Å². The van der Waals surface area contributed by atoms with Gasteiger partial charge in [0.25, 0.3) is 5.91 Å². The summed E-state index contributed by atoms with van der Waals surface area (Å²) in [6, 6.07) is 3.56. The van der Waals surface area contributed by atoms with E-state index < -0.39 is 0 Å². The number of anilines is 2. The molecule has 3 heterocycles. The highest BCUT2D eigenvalue weighted by Gasteiger charge is 2.20. The number of rotatable bonds is 3. The number of nitrogens with one attached hydrogen (secondary N) is 1. The zero-order chi connectivity index (χ0) is 14.7. The number of aryl methyl sites for hydroxylation is 1. The minimum Gasteiger partial charge on any atom is -0.378 e. The second-order valence-electron chi connectivity index (χ2n) is 4.70. The normalized spacial score (nSPS) is 15.0. The molecule has 1 saturated heterocycles. The molecule has 0 saturated carbocycles. The summed E-state index contributed by atoms with van der Waals surface area (Å²) < 4.78 is 5.34. The van der Waals surface area contributed by atoms with Crippen molar-refractivity contribution in [3.05, 3.63) is 35.0 Å². The molecule has 1 N–H and O–H groups in total. The molecule has 0 unspecified atom stereocenters. The van der Waals surface area contributed by atoms with E-state index in [2.05, 4.69) is 20.2 Å². The molecule has 1 fully saturated rings. The van der Waals surface area contributed by atoms with Gasteiger partial charge in [0, 0.05) is 30.4 Å². The molecule has 110 valence electrons. The van der Waals surface area contributed by atoms with Gasteiger partial charge in [0.05, 0.1) is 18.8 Å². The summed E-state index contributed by atoms with van der Waals surface area (Å²) in [4.78, 5) is 24.1. The third-order valence-corrected chi connectivity index (χ3v) is 4.01. The zero-order valence-electron chi connectivity index (χ0n) is 11.7. The van der Waals surface area contributed by atoms with E-state index in [-0.39, 0.29) is 5.91 Å². The van der Waals surface area contributed by atoms with E-state index in [9.17, 15) is 4.79 Å². The number of morpholine rings is 1. The van der Waals surface area contributed by atoms with Crippen molar-refractivity contribution in [3.8, 4) is 0 Å². The van der Waals surface area contributed by atoms with Gasteiger partial charge in [-0.2, -0.15) is 0 Å². The maximum absolute atomic E-state index is 12.4. The number of hydrogen-bond acceptors (Lipinski definition) is 6. The van der Waals surface area contributed by atoms with Gasteiger partial charge in [-0.05, 0) is 19.1 Å². The Kier molecular flexibility index (Phi) is 4.12. The fourth-order valence-electron chi connectivity index (χ4n) is 2.18. The average Bonchev–Trinajstić information content (AvgIpc) is 2.93. The first-order chi connectivity index (χ1) is 10.2. The lowest BCUT2D eigenvalue weighted by Crippen LogP contribution is -2.38. The van der Waals surface area contributed by atoms with Crippen molar-refractivity contribution in [2.24, 2.45) is 0 Å². The molecule has 2 aromatic rings. The zero-order valence-corrected chi connectivity index (χ0v) is 12.5. The predicted molar refractivity (Wildman–Crippen MR) is 82.1 cm³/mol. The molecule has 1 amide bonds. The number of thiazole rings is 1. The van der Waals surface area contributed by atoms with E-state index in [1.54, 1.807) is 24.5 Å². The van der Waals surface area contributed by atoms with Gasteiger partial charge < -0.3 is 9.64 Å². The van der Waals surface area contributed by atoms with Gasteiger partial charge in [-0.25, -0.2) is 9.97 Å². The smallest absolute Gasteiger partial charge is 0.261 e. The van der Waals surface area contributed by atoms with Crippen molar-refractivity contribution in [1.82, 2.24) is 9.97 Å². The van der Waals surface area contributed by atoms with Crippen molar-refractivity contribution in [2.45, 2.75) is 6.92 Å². The van der Waals surface area contributed by atoms with Crippen LogP contribution in [-0.4, -0.2) is 42.2 Å². The molecule has 21 heavy (non-hydrogen) atoms. The molecule has 0 aliphatic carbocycles. The summed E-state index contributed by atoms with van der Waals surface area (Å²) in [6.45, 7) is 4.75. The van der Waals surface area contributed by atoms with E-state index in [0.29, 0.717) is 29.7 Å². The molecule has 0 aromatic carbocycles. The van der Waals surface area contributed by atoms with E-state index in [1.165, 1.54) is 11.3 Å². The lowest BCUT2D eigenvalue weighted by Gasteiger charge is -2.29. The van der Waals surface area contributed by atoms with E-state index in [1.807, 2.05) is 6.92 Å². The molecule has 0 spiro atoms. The van der Waals surface area contributed by atoms with Crippen molar-refractivity contribution in [2.75, 3.05) is 36.5 Å². The van der Waals surface area contributed by atoms with Gasteiger partial charge in [0.1, 0.15) is 5.82 Å². The molecule has 0 radical (unpaired) electrons. The minimum atomic E-state index is -0.182. The second kappa shape index (κ2) is 6.19. The van der Waals surface area contributed by atoms with Crippen LogP contribution >= 0.6 is 11.3 Å². The number of carbonyl (C=O) groups is 1. The maximum Gasteiger partial charge on any atom is 0.261 e. The number of aromatic nitrogens is 2. The monoisotopic (exact) mass is 304 g/mol. The Hall–Kier alpha value is -1.99. The number of carbonyl (C=O) groups excluding carboxylic acids is 1. The second-order valence-corrected chi connectivity index (χ2v) is 5.94. The van der Waals surface area contributed by atoms with Crippen LogP contribution < -0.4 is 10.2 Å². The first-order valence-corrected chi connectivity index (χ1v) is 7.57. The summed E-state index contributed by atoms with van der Waals surface area (Å²) in [6.07, 6.45) is 3.45. The molecule has 3 rings (SSSR count). The van der Waals surface area contributed by atoms with Crippen molar-refractivity contribution >= 4 is 28.2 Å². The number of ether oxygens (including phenoxy) is 1. The standard InChI is InChI=1S/C14H16N4O2S/c1-10-9-16-14(21-10)17-13(19)11-3-2-4-15-12(11)18-5-7-20-8-6-18/h2-4,9H,5-8H2,1H3,(H,16,17,19). The quantitative estimate of drug-likeness (QED) is 0.938. The van der Waals surface area contributed by atoms with Gasteiger partial charge >= 0.3 is 0 Å². The molecular weight excluding hydrogens is 288 g/mol. The van der Waals surface area contributed by atoms with Gasteiger partial charge in [-0.15, -0.1) is 11.3 Å². The fourth-order valence-corrected chi connectivity index (χ4v) is 2.84. The van der Waals surface area contributed by atoms with Crippen molar-refractivity contribution in [1.29, 1.82) is 0 Å². The van der Waals surface area contributed by atoms with Crippen LogP contribution in [0.4, 0.5) is 10.9 Å². The Morgan fingerprint density at radius 2 is 2.19 bits per heavy atom. The number of nitrogens with zero attached hydrogens (tertiary/aromatic N) is 3. The van der Waals surface area contributed by atoms with Crippen LogP contribution in [0.5, 0.6) is 0 Å². The molecule has 0 bridgehead atoms. The van der Waals surface area contributed by atoms with Crippen LogP contribution in [0.15, 0.2) is 24.5 Å². The average molecular weight is 304 g/mol. The first kappa shape index (κ1) is 14.0. The van der Waals surface area contributed by atoms with Crippen LogP contribution in [0, 0.1) is 6.92 Å². The molecule has 1 aliphatic heterocycles. The topological polar surface area (TPSA) is 67.4 Å². The maximum atomic E-state index is 12.4. The number of pyridine rings is 1. The summed E-state index contributed by atoms with van der Waals surface area (Å²) >= 11 is 1.46. The summed E-state index contributed by atoms with van der Waals surface area (Å²) in [5.74, 6) is 0.519. The summed E-state index contributed by atoms with van der Waals surface area (Å²) in [7, 11) is 0. The molecule has 2 aromatic heterocycles. The van der Waals surface area contributed by atoms with Crippen molar-refractivity contribution < 1.29 is 9.53 Å². The molecule has 1 aliphatic rings. The SMILES string of the molecule is Cc1cnc(NC(=O)c2cccnc2N2CCOCC2)s1. The molecular formula is C14H16N4O2S. The highest BCUT2D eigenvalue weighted by molar-refractivity contribution is 7.15. The van der Waals surface area contributed by atoms with Gasteiger partial charge in [0.2, 0.25) is 0 Å². The largest absolute Gasteiger partial charge is 0.378 e. The predicted octanol–water partition coefficient (Wildman–Crippen LogP) is 1.94. The number of hydrogen-bond donors (Lipinski definition) is 1. The number of amides is 1. The van der Waals surface area contributed by atoms with Crippen LogP contribution in [0.2, 0.25) is 0 Å². The van der Waals surface area contributed by atoms with Gasteiger partial charge in [-0.1, -0.05) is 0 Å². The third kappa shape index (κ3) is 3.20. The van der Waals surface area contributed by atoms with Gasteiger partial charge in [0.15, 0.2) is 5.13 Å². The van der Waals surface area contributed by atoms with Gasteiger partial charge in [-0.3, -0.25) is 10.1 Å². The Labute approximate surface area is 126 Å². The molecule has 0 atom stereocenters. The lowest BCUT2D eigenvalue weighted by molar-refractivity contribution is 0.102. The summed E-state index contributed by atoms with van der Waals surface area (Å²) in [5.41, 5.74) is 0.562. The Balaban J connectivity index is 1.82. The Bertz CT molecular complexity index is 637. The van der Waals surface area contributed by atoms with Crippen molar-refractivity contribution in [3.63, 3.8) is 0 Å². The first-order valence-electron chi connectivity index (χ1n) is 6.75. The third-order valence-electron chi connectivity index (χ3n) is 3.18. The highest BCUT2D eigenvalue weighted by atomic mass is 32.1. The highest BCUT2D eigenvalue weighted by Crippen LogP contribution is 2.22. The van der Waals surface area contributed by atoms with Crippen LogP contribution in [0.25, 0.3) is 0 Å². The minimum absolute atomic E-state index is 0.182.